The molecular weight excluding hydrogens is 266 g/mol. The van der Waals surface area contributed by atoms with Gasteiger partial charge in [0, 0.05) is 29.4 Å². The van der Waals surface area contributed by atoms with Gasteiger partial charge in [-0.15, -0.1) is 11.3 Å². The first-order valence-corrected chi connectivity index (χ1v) is 8.89. The number of piperidine rings is 1. The van der Waals surface area contributed by atoms with E-state index in [0.29, 0.717) is 0 Å². The minimum Gasteiger partial charge on any atom is -0.315 e. The third kappa shape index (κ3) is 2.66. The zero-order valence-corrected chi connectivity index (χ0v) is 13.8. The molecule has 3 heterocycles. The minimum atomic E-state index is 0.718. The zero-order valence-electron chi connectivity index (χ0n) is 13.0. The highest BCUT2D eigenvalue weighted by Crippen LogP contribution is 2.43. The molecule has 2 fully saturated rings. The molecule has 0 radical (unpaired) electrons. The van der Waals surface area contributed by atoms with Crippen molar-refractivity contribution in [2.24, 2.45) is 0 Å². The van der Waals surface area contributed by atoms with Crippen LogP contribution in [-0.2, 0) is 13.0 Å². The van der Waals surface area contributed by atoms with Gasteiger partial charge < -0.3 is 10.2 Å². The number of aromatic nitrogens is 1. The standard InChI is InChI=1S/C16H27N3S/c1-4-5-14-15(10-17-2)20-16(18-14)11-8-12-6-7-13(9-11)19(12)3/h11-13,17H,4-10H2,1-3H3. The highest BCUT2D eigenvalue weighted by atomic mass is 32.1. The van der Waals surface area contributed by atoms with E-state index < -0.39 is 0 Å². The monoisotopic (exact) mass is 293 g/mol. The quantitative estimate of drug-likeness (QED) is 0.904. The largest absolute Gasteiger partial charge is 0.315 e. The van der Waals surface area contributed by atoms with Crippen LogP contribution in [0, 0.1) is 0 Å². The highest BCUT2D eigenvalue weighted by molar-refractivity contribution is 7.11. The normalized spacial score (nSPS) is 30.1. The lowest BCUT2D eigenvalue weighted by Crippen LogP contribution is -2.39. The van der Waals surface area contributed by atoms with Gasteiger partial charge in [0.05, 0.1) is 10.7 Å². The molecule has 1 N–H and O–H groups in total. The average molecular weight is 293 g/mol. The van der Waals surface area contributed by atoms with E-state index >= 15 is 0 Å². The molecule has 2 unspecified atom stereocenters. The van der Waals surface area contributed by atoms with E-state index in [2.05, 4.69) is 24.2 Å². The summed E-state index contributed by atoms with van der Waals surface area (Å²) in [5.41, 5.74) is 1.35. The molecule has 2 aliphatic heterocycles. The lowest BCUT2D eigenvalue weighted by Gasteiger charge is -2.35. The molecule has 2 saturated heterocycles. The first-order valence-electron chi connectivity index (χ1n) is 8.08. The van der Waals surface area contributed by atoms with Gasteiger partial charge in [-0.25, -0.2) is 4.98 Å². The van der Waals surface area contributed by atoms with E-state index in [1.54, 1.807) is 0 Å². The predicted molar refractivity (Wildman–Crippen MR) is 85.4 cm³/mol. The van der Waals surface area contributed by atoms with Crippen molar-refractivity contribution in [3.63, 3.8) is 0 Å². The zero-order chi connectivity index (χ0) is 14.1. The molecule has 2 bridgehead atoms. The van der Waals surface area contributed by atoms with Crippen molar-refractivity contribution in [1.82, 2.24) is 15.2 Å². The summed E-state index contributed by atoms with van der Waals surface area (Å²) in [6, 6.07) is 1.62. The second-order valence-electron chi connectivity index (χ2n) is 6.42. The second-order valence-corrected chi connectivity index (χ2v) is 7.54. The van der Waals surface area contributed by atoms with Gasteiger partial charge in [0.2, 0.25) is 0 Å². The van der Waals surface area contributed by atoms with Gasteiger partial charge in [0.1, 0.15) is 0 Å². The Morgan fingerprint density at radius 1 is 1.30 bits per heavy atom. The summed E-state index contributed by atoms with van der Waals surface area (Å²) in [5.74, 6) is 0.718. The second kappa shape index (κ2) is 6.12. The molecule has 0 amide bonds. The van der Waals surface area contributed by atoms with Gasteiger partial charge in [0.25, 0.3) is 0 Å². The molecule has 1 aromatic rings. The third-order valence-corrected chi connectivity index (χ3v) is 6.33. The summed E-state index contributed by atoms with van der Waals surface area (Å²) in [4.78, 5) is 9.11. The summed E-state index contributed by atoms with van der Waals surface area (Å²) in [6.07, 6.45) is 7.77. The summed E-state index contributed by atoms with van der Waals surface area (Å²) in [7, 11) is 4.35. The number of aryl methyl sites for hydroxylation is 1. The summed E-state index contributed by atoms with van der Waals surface area (Å²) in [6.45, 7) is 3.23. The van der Waals surface area contributed by atoms with Crippen LogP contribution >= 0.6 is 11.3 Å². The fourth-order valence-corrected chi connectivity index (χ4v) is 5.17. The Labute approximate surface area is 126 Å². The predicted octanol–water partition coefficient (Wildman–Crippen LogP) is 3.16. The van der Waals surface area contributed by atoms with Crippen LogP contribution in [0.2, 0.25) is 0 Å². The molecule has 2 aliphatic rings. The Morgan fingerprint density at radius 3 is 2.60 bits per heavy atom. The Balaban J connectivity index is 1.78. The maximum Gasteiger partial charge on any atom is 0.0963 e. The number of rotatable bonds is 5. The van der Waals surface area contributed by atoms with Crippen LogP contribution in [-0.4, -0.2) is 36.1 Å². The van der Waals surface area contributed by atoms with Gasteiger partial charge in [0.15, 0.2) is 0 Å². The number of hydrogen-bond donors (Lipinski definition) is 1. The maximum absolute atomic E-state index is 5.02. The molecule has 20 heavy (non-hydrogen) atoms. The van der Waals surface area contributed by atoms with Crippen LogP contribution in [0.3, 0.4) is 0 Å². The van der Waals surface area contributed by atoms with Crippen molar-refractivity contribution in [1.29, 1.82) is 0 Å². The van der Waals surface area contributed by atoms with Crippen LogP contribution < -0.4 is 5.32 Å². The van der Waals surface area contributed by atoms with E-state index in [1.807, 2.05) is 18.4 Å². The molecule has 112 valence electrons. The molecule has 0 spiro atoms. The number of thiazole rings is 1. The lowest BCUT2D eigenvalue weighted by molar-refractivity contribution is 0.161. The number of fused-ring (bicyclic) bond motifs is 2. The van der Waals surface area contributed by atoms with Gasteiger partial charge >= 0.3 is 0 Å². The van der Waals surface area contributed by atoms with Crippen LogP contribution in [0.25, 0.3) is 0 Å². The van der Waals surface area contributed by atoms with Gasteiger partial charge in [-0.05, 0) is 46.2 Å². The highest BCUT2D eigenvalue weighted by Gasteiger charge is 2.39. The molecule has 0 aromatic carbocycles. The van der Waals surface area contributed by atoms with Gasteiger partial charge in [-0.3, -0.25) is 0 Å². The minimum absolute atomic E-state index is 0.718. The van der Waals surface area contributed by atoms with Crippen molar-refractivity contribution in [2.45, 2.75) is 70.0 Å². The van der Waals surface area contributed by atoms with Crippen molar-refractivity contribution < 1.29 is 0 Å². The van der Waals surface area contributed by atoms with Crippen molar-refractivity contribution in [3.05, 3.63) is 15.6 Å². The molecule has 0 saturated carbocycles. The Hall–Kier alpha value is -0.450. The number of hydrogen-bond acceptors (Lipinski definition) is 4. The fraction of sp³-hybridized carbons (Fsp3) is 0.812. The molecule has 2 atom stereocenters. The topological polar surface area (TPSA) is 28.2 Å². The Kier molecular flexibility index (Phi) is 4.43. The molecule has 4 heteroatoms. The van der Waals surface area contributed by atoms with Crippen molar-refractivity contribution in [3.8, 4) is 0 Å². The van der Waals surface area contributed by atoms with E-state index in [9.17, 15) is 0 Å². The Bertz CT molecular complexity index is 419. The van der Waals surface area contributed by atoms with E-state index in [1.165, 1.54) is 47.7 Å². The summed E-state index contributed by atoms with van der Waals surface area (Å²) >= 11 is 1.97. The van der Waals surface area contributed by atoms with Crippen LogP contribution in [0.4, 0.5) is 0 Å². The van der Waals surface area contributed by atoms with E-state index in [0.717, 1.165) is 31.0 Å². The van der Waals surface area contributed by atoms with Crippen LogP contribution in [0.5, 0.6) is 0 Å². The third-order valence-electron chi connectivity index (χ3n) is 5.07. The average Bonchev–Trinajstić information content (AvgIpc) is 2.89. The van der Waals surface area contributed by atoms with Crippen molar-refractivity contribution >= 4 is 11.3 Å². The smallest absolute Gasteiger partial charge is 0.0963 e. The van der Waals surface area contributed by atoms with Crippen LogP contribution in [0.1, 0.15) is 60.5 Å². The first-order chi connectivity index (χ1) is 9.72. The Morgan fingerprint density at radius 2 is 2.00 bits per heavy atom. The van der Waals surface area contributed by atoms with Crippen LogP contribution in [0.15, 0.2) is 0 Å². The summed E-state index contributed by atoms with van der Waals surface area (Å²) in [5, 5.41) is 4.72. The van der Waals surface area contributed by atoms with Crippen molar-refractivity contribution in [2.75, 3.05) is 14.1 Å². The number of nitrogens with zero attached hydrogens (tertiary/aromatic N) is 2. The lowest BCUT2D eigenvalue weighted by atomic mass is 9.92. The van der Waals surface area contributed by atoms with E-state index in [-0.39, 0.29) is 0 Å². The van der Waals surface area contributed by atoms with Gasteiger partial charge in [-0.2, -0.15) is 0 Å². The summed E-state index contributed by atoms with van der Waals surface area (Å²) < 4.78 is 0. The SMILES string of the molecule is CCCc1nc(C2CC3CCC(C2)N3C)sc1CNC. The molecule has 3 rings (SSSR count). The van der Waals surface area contributed by atoms with E-state index in [4.69, 9.17) is 4.98 Å². The molecule has 3 nitrogen and oxygen atoms in total. The molecule has 1 aromatic heterocycles. The molecule has 0 aliphatic carbocycles. The fourth-order valence-electron chi connectivity index (χ4n) is 3.92. The number of nitrogens with one attached hydrogen (secondary N) is 1. The first kappa shape index (κ1) is 14.5. The molecular formula is C16H27N3S. The maximum atomic E-state index is 5.02. The van der Waals surface area contributed by atoms with Gasteiger partial charge in [-0.1, -0.05) is 13.3 Å².